The average Bonchev–Trinajstić information content (AvgIpc) is 2.59. The smallest absolute Gasteiger partial charge is 0.231 e. The predicted molar refractivity (Wildman–Crippen MR) is 97.8 cm³/mol. The molecule has 1 heterocycles. The van der Waals surface area contributed by atoms with E-state index in [1.807, 2.05) is 0 Å². The lowest BCUT2D eigenvalue weighted by atomic mass is 10.0. The lowest BCUT2D eigenvalue weighted by molar-refractivity contribution is -0.119. The summed E-state index contributed by atoms with van der Waals surface area (Å²) >= 11 is 0. The number of hydrogen-bond acceptors (Lipinski definition) is 3. The van der Waals surface area contributed by atoms with E-state index in [1.165, 1.54) is 11.1 Å². The Hall–Kier alpha value is -2.08. The van der Waals surface area contributed by atoms with Gasteiger partial charge in [-0.1, -0.05) is 31.2 Å². The molecule has 0 aliphatic carbocycles. The quantitative estimate of drug-likeness (QED) is 0.533. The molecule has 6 nitrogen and oxygen atoms in total. The zero-order valence-electron chi connectivity index (χ0n) is 14.7. The van der Waals surface area contributed by atoms with E-state index in [1.54, 1.807) is 7.05 Å². The van der Waals surface area contributed by atoms with E-state index in [4.69, 9.17) is 5.73 Å². The number of nitrogens with zero attached hydrogens (tertiary/aromatic N) is 2. The summed E-state index contributed by atoms with van der Waals surface area (Å²) in [4.78, 5) is 17.4. The molecule has 0 atom stereocenters. The van der Waals surface area contributed by atoms with Crippen molar-refractivity contribution in [3.8, 4) is 0 Å². The Labute approximate surface area is 144 Å². The maximum absolute atomic E-state index is 11.0. The van der Waals surface area contributed by atoms with E-state index >= 15 is 0 Å². The molecule has 1 amide bonds. The minimum Gasteiger partial charge on any atom is -0.369 e. The van der Waals surface area contributed by atoms with Crippen LogP contribution in [0.25, 0.3) is 0 Å². The van der Waals surface area contributed by atoms with Gasteiger partial charge in [0.15, 0.2) is 5.96 Å². The lowest BCUT2D eigenvalue weighted by Gasteiger charge is -2.32. The summed E-state index contributed by atoms with van der Waals surface area (Å²) in [5.41, 5.74) is 7.92. The highest BCUT2D eigenvalue weighted by molar-refractivity contribution is 5.80. The number of primary amides is 1. The van der Waals surface area contributed by atoms with Crippen molar-refractivity contribution in [1.82, 2.24) is 15.5 Å². The van der Waals surface area contributed by atoms with Crippen molar-refractivity contribution in [3.05, 3.63) is 35.4 Å². The van der Waals surface area contributed by atoms with E-state index in [0.29, 0.717) is 12.6 Å². The third-order valence-electron chi connectivity index (χ3n) is 4.48. The fourth-order valence-corrected chi connectivity index (χ4v) is 3.10. The molecule has 1 saturated heterocycles. The highest BCUT2D eigenvalue weighted by Crippen LogP contribution is 2.11. The van der Waals surface area contributed by atoms with Crippen LogP contribution in [0.3, 0.4) is 0 Å². The maximum atomic E-state index is 11.0. The fraction of sp³-hybridized carbons (Fsp3) is 0.556. The Morgan fingerprint density at radius 1 is 1.29 bits per heavy atom. The van der Waals surface area contributed by atoms with Gasteiger partial charge >= 0.3 is 0 Å². The number of rotatable bonds is 6. The molecule has 0 aromatic heterocycles. The van der Waals surface area contributed by atoms with Crippen molar-refractivity contribution < 1.29 is 4.79 Å². The number of hydrogen-bond donors (Lipinski definition) is 3. The van der Waals surface area contributed by atoms with Crippen LogP contribution in [-0.4, -0.2) is 49.5 Å². The van der Waals surface area contributed by atoms with Gasteiger partial charge in [0, 0.05) is 32.7 Å². The summed E-state index contributed by atoms with van der Waals surface area (Å²) < 4.78 is 0. The Morgan fingerprint density at radius 2 is 1.96 bits per heavy atom. The number of amides is 1. The van der Waals surface area contributed by atoms with Crippen LogP contribution < -0.4 is 16.4 Å². The molecule has 4 N–H and O–H groups in total. The number of nitrogens with one attached hydrogen (secondary N) is 2. The average molecular weight is 331 g/mol. The number of benzene rings is 1. The molecule has 0 bridgehead atoms. The molecule has 1 aromatic rings. The Morgan fingerprint density at radius 3 is 2.54 bits per heavy atom. The second-order valence-electron chi connectivity index (χ2n) is 6.21. The van der Waals surface area contributed by atoms with Gasteiger partial charge in [0.05, 0.1) is 6.54 Å². The molecule has 0 unspecified atom stereocenters. The number of piperidine rings is 1. The zero-order chi connectivity index (χ0) is 17.4. The van der Waals surface area contributed by atoms with Crippen LogP contribution in [0.4, 0.5) is 0 Å². The summed E-state index contributed by atoms with van der Waals surface area (Å²) in [7, 11) is 1.79. The van der Waals surface area contributed by atoms with E-state index in [9.17, 15) is 4.79 Å². The second-order valence-corrected chi connectivity index (χ2v) is 6.21. The summed E-state index contributed by atoms with van der Waals surface area (Å²) in [5.74, 6) is 0.572. The van der Waals surface area contributed by atoms with Crippen molar-refractivity contribution in [1.29, 1.82) is 0 Å². The van der Waals surface area contributed by atoms with E-state index in [0.717, 1.165) is 44.9 Å². The van der Waals surface area contributed by atoms with Crippen LogP contribution in [0.15, 0.2) is 29.3 Å². The monoisotopic (exact) mass is 331 g/mol. The molecular weight excluding hydrogens is 302 g/mol. The molecule has 24 heavy (non-hydrogen) atoms. The molecular formula is C18H29N5O. The second kappa shape index (κ2) is 9.27. The molecule has 1 fully saturated rings. The number of aliphatic imine (C=N–C) groups is 1. The first-order valence-electron chi connectivity index (χ1n) is 8.67. The van der Waals surface area contributed by atoms with Gasteiger partial charge in [-0.25, -0.2) is 0 Å². The van der Waals surface area contributed by atoms with E-state index in [2.05, 4.69) is 51.7 Å². The van der Waals surface area contributed by atoms with Gasteiger partial charge in [0.1, 0.15) is 0 Å². The maximum Gasteiger partial charge on any atom is 0.231 e. The van der Waals surface area contributed by atoms with Gasteiger partial charge in [-0.2, -0.15) is 0 Å². The van der Waals surface area contributed by atoms with Crippen LogP contribution in [0.5, 0.6) is 0 Å². The summed E-state index contributed by atoms with van der Waals surface area (Å²) in [6, 6.07) is 8.85. The molecule has 0 saturated carbocycles. The van der Waals surface area contributed by atoms with Crippen LogP contribution in [-0.2, 0) is 17.8 Å². The Bertz CT molecular complexity index is 564. The minimum absolute atomic E-state index is 0.256. The number of likely N-dealkylation sites (tertiary alicyclic amines) is 1. The van der Waals surface area contributed by atoms with Crippen molar-refractivity contribution >= 4 is 11.9 Å². The minimum atomic E-state index is -0.256. The van der Waals surface area contributed by atoms with E-state index < -0.39 is 0 Å². The third-order valence-corrected chi connectivity index (χ3v) is 4.48. The Balaban J connectivity index is 1.80. The zero-order valence-corrected chi connectivity index (χ0v) is 14.7. The number of carbonyl (C=O) groups is 1. The van der Waals surface area contributed by atoms with Crippen LogP contribution in [0.1, 0.15) is 30.9 Å². The summed E-state index contributed by atoms with van der Waals surface area (Å²) in [6.07, 6.45) is 3.00. The van der Waals surface area contributed by atoms with Gasteiger partial charge in [-0.05, 0) is 30.4 Å². The molecule has 2 rings (SSSR count). The van der Waals surface area contributed by atoms with Gasteiger partial charge in [-0.3, -0.25) is 14.7 Å². The largest absolute Gasteiger partial charge is 0.369 e. The predicted octanol–water partition coefficient (Wildman–Crippen LogP) is 0.864. The van der Waals surface area contributed by atoms with Crippen molar-refractivity contribution in [2.45, 2.75) is 38.8 Å². The molecule has 1 aromatic carbocycles. The molecule has 6 heteroatoms. The highest BCUT2D eigenvalue weighted by Gasteiger charge is 2.20. The van der Waals surface area contributed by atoms with Crippen LogP contribution in [0, 0.1) is 0 Å². The van der Waals surface area contributed by atoms with Gasteiger partial charge in [-0.15, -0.1) is 0 Å². The topological polar surface area (TPSA) is 82.8 Å². The molecule has 0 spiro atoms. The number of aryl methyl sites for hydroxylation is 1. The van der Waals surface area contributed by atoms with Gasteiger partial charge in [0.2, 0.25) is 5.91 Å². The highest BCUT2D eigenvalue weighted by atomic mass is 16.1. The number of carbonyl (C=O) groups excluding carboxylic acids is 1. The van der Waals surface area contributed by atoms with Crippen LogP contribution >= 0.6 is 0 Å². The molecule has 132 valence electrons. The molecule has 0 radical (unpaired) electrons. The standard InChI is InChI=1S/C18H29N5O/c1-3-14-6-4-5-7-15(14)12-21-18(20-2)22-16-8-10-23(11-9-16)13-17(19)24/h4-7,16H,3,8-13H2,1-2H3,(H2,19,24)(H2,20,21,22). The lowest BCUT2D eigenvalue weighted by Crippen LogP contribution is -2.49. The molecule has 1 aliphatic rings. The third kappa shape index (κ3) is 5.53. The summed E-state index contributed by atoms with van der Waals surface area (Å²) in [5, 5.41) is 6.89. The van der Waals surface area contributed by atoms with Crippen LogP contribution in [0.2, 0.25) is 0 Å². The SMILES string of the molecule is CCc1ccccc1CNC(=NC)NC1CCN(CC(N)=O)CC1. The number of guanidine groups is 1. The van der Waals surface area contributed by atoms with Crippen molar-refractivity contribution in [2.24, 2.45) is 10.7 Å². The molecule has 1 aliphatic heterocycles. The summed E-state index contributed by atoms with van der Waals surface area (Å²) in [6.45, 7) is 5.07. The van der Waals surface area contributed by atoms with Gasteiger partial charge in [0.25, 0.3) is 0 Å². The van der Waals surface area contributed by atoms with E-state index in [-0.39, 0.29) is 5.91 Å². The first-order valence-corrected chi connectivity index (χ1v) is 8.67. The Kier molecular flexibility index (Phi) is 7.06. The first-order chi connectivity index (χ1) is 11.6. The fourth-order valence-electron chi connectivity index (χ4n) is 3.10. The van der Waals surface area contributed by atoms with Crippen molar-refractivity contribution in [3.63, 3.8) is 0 Å². The van der Waals surface area contributed by atoms with Crippen molar-refractivity contribution in [2.75, 3.05) is 26.7 Å². The first kappa shape index (κ1) is 18.3. The number of nitrogens with two attached hydrogens (primary N) is 1. The normalized spacial score (nSPS) is 16.8. The van der Waals surface area contributed by atoms with Gasteiger partial charge < -0.3 is 16.4 Å².